The number of hydrogen-bond donors (Lipinski definition) is 0. The Morgan fingerprint density at radius 1 is 0.342 bits per heavy atom. The van der Waals surface area contributed by atoms with Crippen molar-refractivity contribution >= 4 is 33.0 Å². The lowest BCUT2D eigenvalue weighted by atomic mass is 9.89. The molecule has 0 aliphatic heterocycles. The monoisotopic (exact) mass is 551 g/mol. The van der Waals surface area contributed by atoms with Gasteiger partial charge in [0.15, 0.2) is 0 Å². The first-order chi connectivity index (χ1) is 18.8. The third-order valence-electron chi connectivity index (χ3n) is 6.76. The van der Waals surface area contributed by atoms with Gasteiger partial charge in [-0.15, -0.1) is 0 Å². The second-order valence-corrected chi connectivity index (χ2v) is 9.98. The number of rotatable bonds is 6. The van der Waals surface area contributed by atoms with Crippen LogP contribution in [0.3, 0.4) is 0 Å². The van der Waals surface area contributed by atoms with Crippen molar-refractivity contribution in [3.8, 4) is 33.4 Å². The van der Waals surface area contributed by atoms with Crippen LogP contribution in [0.4, 0.5) is 17.1 Å². The lowest BCUT2D eigenvalue weighted by molar-refractivity contribution is 1.28. The van der Waals surface area contributed by atoms with Gasteiger partial charge in [0.05, 0.1) is 0 Å². The van der Waals surface area contributed by atoms with Crippen molar-refractivity contribution in [1.29, 1.82) is 0 Å². The summed E-state index contributed by atoms with van der Waals surface area (Å²) in [7, 11) is 0. The highest BCUT2D eigenvalue weighted by atomic mass is 79.9. The Morgan fingerprint density at radius 3 is 1.42 bits per heavy atom. The van der Waals surface area contributed by atoms with Gasteiger partial charge in [0.2, 0.25) is 0 Å². The molecule has 0 saturated heterocycles. The summed E-state index contributed by atoms with van der Waals surface area (Å²) in [6, 6.07) is 55.7. The molecule has 182 valence electrons. The van der Waals surface area contributed by atoms with Crippen LogP contribution in [0.2, 0.25) is 0 Å². The molecule has 6 aromatic carbocycles. The number of halogens is 1. The minimum atomic E-state index is 1.07. The standard InChI is InChI=1S/C36H26BrN/c37-36-23-13-12-22-34(36)35-26-30(38(28-16-6-2-7-17-28)29-18-8-3-9-19-29)24-25-33(35)32-21-11-10-20-31(32)27-14-4-1-5-15-27/h1-26H. The van der Waals surface area contributed by atoms with Crippen LogP contribution in [-0.4, -0.2) is 0 Å². The highest BCUT2D eigenvalue weighted by Crippen LogP contribution is 2.44. The fourth-order valence-corrected chi connectivity index (χ4v) is 5.50. The predicted molar refractivity (Wildman–Crippen MR) is 165 cm³/mol. The van der Waals surface area contributed by atoms with Gasteiger partial charge >= 0.3 is 0 Å². The van der Waals surface area contributed by atoms with Crippen LogP contribution in [-0.2, 0) is 0 Å². The van der Waals surface area contributed by atoms with Gasteiger partial charge in [-0.3, -0.25) is 0 Å². The van der Waals surface area contributed by atoms with Crippen molar-refractivity contribution in [1.82, 2.24) is 0 Å². The van der Waals surface area contributed by atoms with Crippen molar-refractivity contribution in [2.75, 3.05) is 4.90 Å². The zero-order valence-corrected chi connectivity index (χ0v) is 22.4. The number of hydrogen-bond acceptors (Lipinski definition) is 1. The minimum Gasteiger partial charge on any atom is -0.310 e. The van der Waals surface area contributed by atoms with Crippen molar-refractivity contribution in [2.45, 2.75) is 0 Å². The zero-order valence-electron chi connectivity index (χ0n) is 20.8. The lowest BCUT2D eigenvalue weighted by Crippen LogP contribution is -2.10. The SMILES string of the molecule is Brc1ccccc1-c1cc(N(c2ccccc2)c2ccccc2)ccc1-c1ccccc1-c1ccccc1. The summed E-state index contributed by atoms with van der Waals surface area (Å²) in [5, 5.41) is 0. The van der Waals surface area contributed by atoms with Gasteiger partial charge in [0.25, 0.3) is 0 Å². The van der Waals surface area contributed by atoms with E-state index in [4.69, 9.17) is 0 Å². The van der Waals surface area contributed by atoms with E-state index in [-0.39, 0.29) is 0 Å². The van der Waals surface area contributed by atoms with E-state index in [2.05, 4.69) is 179 Å². The van der Waals surface area contributed by atoms with E-state index >= 15 is 0 Å². The Hall–Kier alpha value is -4.40. The van der Waals surface area contributed by atoms with E-state index in [9.17, 15) is 0 Å². The summed E-state index contributed by atoms with van der Waals surface area (Å²) in [6.45, 7) is 0. The van der Waals surface area contributed by atoms with Crippen molar-refractivity contribution in [3.63, 3.8) is 0 Å². The van der Waals surface area contributed by atoms with E-state index in [0.29, 0.717) is 0 Å². The molecule has 0 atom stereocenters. The van der Waals surface area contributed by atoms with E-state index < -0.39 is 0 Å². The normalized spacial score (nSPS) is 10.8. The van der Waals surface area contributed by atoms with Crippen LogP contribution in [0.15, 0.2) is 162 Å². The molecular formula is C36H26BrN. The fraction of sp³-hybridized carbons (Fsp3) is 0. The lowest BCUT2D eigenvalue weighted by Gasteiger charge is -2.27. The maximum absolute atomic E-state index is 3.84. The largest absolute Gasteiger partial charge is 0.310 e. The van der Waals surface area contributed by atoms with Gasteiger partial charge in [-0.25, -0.2) is 0 Å². The molecule has 0 aliphatic carbocycles. The van der Waals surface area contributed by atoms with E-state index in [1.54, 1.807) is 0 Å². The first kappa shape index (κ1) is 24.0. The third-order valence-corrected chi connectivity index (χ3v) is 7.45. The molecule has 0 spiro atoms. The molecule has 0 saturated carbocycles. The molecule has 1 nitrogen and oxygen atoms in total. The molecule has 0 heterocycles. The van der Waals surface area contributed by atoms with Gasteiger partial charge in [0.1, 0.15) is 0 Å². The summed E-state index contributed by atoms with van der Waals surface area (Å²) < 4.78 is 1.07. The van der Waals surface area contributed by atoms with Crippen LogP contribution in [0.1, 0.15) is 0 Å². The maximum atomic E-state index is 3.84. The summed E-state index contributed by atoms with van der Waals surface area (Å²) in [6.07, 6.45) is 0. The quantitative estimate of drug-likeness (QED) is 0.199. The Kier molecular flexibility index (Phi) is 6.89. The molecular weight excluding hydrogens is 526 g/mol. The van der Waals surface area contributed by atoms with E-state index in [1.165, 1.54) is 27.8 Å². The van der Waals surface area contributed by atoms with E-state index in [0.717, 1.165) is 27.1 Å². The highest BCUT2D eigenvalue weighted by molar-refractivity contribution is 9.10. The molecule has 0 radical (unpaired) electrons. The van der Waals surface area contributed by atoms with Gasteiger partial charge in [0, 0.05) is 21.5 Å². The van der Waals surface area contributed by atoms with Crippen molar-refractivity contribution in [2.24, 2.45) is 0 Å². The average molecular weight is 553 g/mol. The highest BCUT2D eigenvalue weighted by Gasteiger charge is 2.18. The Bertz CT molecular complexity index is 1620. The Balaban J connectivity index is 1.60. The minimum absolute atomic E-state index is 1.07. The third kappa shape index (κ3) is 4.79. The molecule has 0 aliphatic rings. The molecule has 0 aromatic heterocycles. The summed E-state index contributed by atoms with van der Waals surface area (Å²) in [4.78, 5) is 2.31. The molecule has 0 amide bonds. The zero-order chi connectivity index (χ0) is 25.7. The topological polar surface area (TPSA) is 3.24 Å². The van der Waals surface area contributed by atoms with Gasteiger partial charge < -0.3 is 4.90 Å². The van der Waals surface area contributed by atoms with Crippen LogP contribution in [0, 0.1) is 0 Å². The van der Waals surface area contributed by atoms with Gasteiger partial charge in [-0.2, -0.15) is 0 Å². The van der Waals surface area contributed by atoms with E-state index in [1.807, 2.05) is 0 Å². The maximum Gasteiger partial charge on any atom is 0.0468 e. The van der Waals surface area contributed by atoms with Crippen LogP contribution < -0.4 is 4.90 Å². The molecule has 2 heteroatoms. The summed E-state index contributed by atoms with van der Waals surface area (Å²) in [5.41, 5.74) is 10.5. The number of para-hydroxylation sites is 2. The molecule has 0 bridgehead atoms. The second kappa shape index (κ2) is 10.9. The molecule has 0 N–H and O–H groups in total. The van der Waals surface area contributed by atoms with Crippen LogP contribution in [0.25, 0.3) is 33.4 Å². The molecule has 38 heavy (non-hydrogen) atoms. The first-order valence-corrected chi connectivity index (χ1v) is 13.5. The van der Waals surface area contributed by atoms with Crippen LogP contribution in [0.5, 0.6) is 0 Å². The number of benzene rings is 6. The molecule has 0 unspecified atom stereocenters. The predicted octanol–water partition coefficient (Wildman–Crippen LogP) is 10.9. The molecule has 6 rings (SSSR count). The fourth-order valence-electron chi connectivity index (χ4n) is 5.00. The summed E-state index contributed by atoms with van der Waals surface area (Å²) in [5.74, 6) is 0. The van der Waals surface area contributed by atoms with Gasteiger partial charge in [-0.05, 0) is 75.8 Å². The van der Waals surface area contributed by atoms with Crippen molar-refractivity contribution in [3.05, 3.63) is 162 Å². The average Bonchev–Trinajstić information content (AvgIpc) is 2.99. The van der Waals surface area contributed by atoms with Gasteiger partial charge in [-0.1, -0.05) is 131 Å². The smallest absolute Gasteiger partial charge is 0.0468 e. The Morgan fingerprint density at radius 2 is 0.816 bits per heavy atom. The molecule has 0 fully saturated rings. The first-order valence-electron chi connectivity index (χ1n) is 12.7. The Labute approximate surface area is 232 Å². The number of anilines is 3. The number of nitrogens with zero attached hydrogens (tertiary/aromatic N) is 1. The summed E-state index contributed by atoms with van der Waals surface area (Å²) >= 11 is 3.84. The van der Waals surface area contributed by atoms with Crippen LogP contribution >= 0.6 is 15.9 Å². The molecule has 6 aromatic rings. The second-order valence-electron chi connectivity index (χ2n) is 9.13. The van der Waals surface area contributed by atoms with Crippen molar-refractivity contribution < 1.29 is 0 Å².